The van der Waals surface area contributed by atoms with Gasteiger partial charge in [-0.25, -0.2) is 0 Å². The molecule has 0 amide bonds. The SMILES string of the molecule is CN(CCO)CC(O)C[N+](C)(C)C. The summed E-state index contributed by atoms with van der Waals surface area (Å²) >= 11 is 0. The van der Waals surface area contributed by atoms with Gasteiger partial charge >= 0.3 is 0 Å². The number of rotatable bonds is 6. The van der Waals surface area contributed by atoms with Crippen LogP contribution in [0.5, 0.6) is 0 Å². The molecule has 0 aliphatic rings. The van der Waals surface area contributed by atoms with E-state index in [9.17, 15) is 5.11 Å². The number of nitrogens with zero attached hydrogens (tertiary/aromatic N) is 2. The monoisotopic (exact) mass is 191 g/mol. The maximum Gasteiger partial charge on any atom is 0.115 e. The van der Waals surface area contributed by atoms with Crippen LogP contribution in [0, 0.1) is 0 Å². The summed E-state index contributed by atoms with van der Waals surface area (Å²) in [6.45, 7) is 2.12. The minimum atomic E-state index is -0.323. The van der Waals surface area contributed by atoms with Crippen molar-refractivity contribution in [1.82, 2.24) is 4.90 Å². The van der Waals surface area contributed by atoms with Crippen molar-refractivity contribution in [2.75, 3.05) is 54.4 Å². The third kappa shape index (κ3) is 8.18. The minimum Gasteiger partial charge on any atom is -0.395 e. The smallest absolute Gasteiger partial charge is 0.115 e. The molecule has 0 rings (SSSR count). The van der Waals surface area contributed by atoms with E-state index in [4.69, 9.17) is 5.11 Å². The van der Waals surface area contributed by atoms with Gasteiger partial charge in [0.2, 0.25) is 0 Å². The molecule has 13 heavy (non-hydrogen) atoms. The number of likely N-dealkylation sites (N-methyl/N-ethyl adjacent to an activating group) is 2. The van der Waals surface area contributed by atoms with Crippen LogP contribution < -0.4 is 0 Å². The van der Waals surface area contributed by atoms with Gasteiger partial charge in [0.05, 0.1) is 27.7 Å². The second kappa shape index (κ2) is 5.54. The van der Waals surface area contributed by atoms with Crippen molar-refractivity contribution in [3.8, 4) is 0 Å². The highest BCUT2D eigenvalue weighted by atomic mass is 16.3. The molecule has 0 heterocycles. The lowest BCUT2D eigenvalue weighted by Crippen LogP contribution is -2.45. The molecule has 0 spiro atoms. The molecule has 1 unspecified atom stereocenters. The highest BCUT2D eigenvalue weighted by Gasteiger charge is 2.16. The molecular weight excluding hydrogens is 168 g/mol. The Morgan fingerprint density at radius 1 is 1.31 bits per heavy atom. The van der Waals surface area contributed by atoms with Crippen LogP contribution in [0.3, 0.4) is 0 Å². The summed E-state index contributed by atoms with van der Waals surface area (Å²) in [6.07, 6.45) is -0.323. The van der Waals surface area contributed by atoms with E-state index in [2.05, 4.69) is 21.1 Å². The van der Waals surface area contributed by atoms with Gasteiger partial charge in [0.1, 0.15) is 12.6 Å². The Bertz CT molecular complexity index is 134. The standard InChI is InChI=1S/C9H23N2O2/c1-10(5-6-12)7-9(13)8-11(2,3)4/h9,12-13H,5-8H2,1-4H3/q+1. The highest BCUT2D eigenvalue weighted by Crippen LogP contribution is 1.96. The zero-order valence-electron chi connectivity index (χ0n) is 9.19. The van der Waals surface area contributed by atoms with Gasteiger partial charge in [-0.3, -0.25) is 0 Å². The Balaban J connectivity index is 3.67. The quantitative estimate of drug-likeness (QED) is 0.528. The van der Waals surface area contributed by atoms with Crippen molar-refractivity contribution in [3.05, 3.63) is 0 Å². The topological polar surface area (TPSA) is 43.7 Å². The number of hydrogen-bond donors (Lipinski definition) is 2. The van der Waals surface area contributed by atoms with Crippen LogP contribution in [0.2, 0.25) is 0 Å². The average molecular weight is 191 g/mol. The highest BCUT2D eigenvalue weighted by molar-refractivity contribution is 4.59. The molecule has 80 valence electrons. The Hall–Kier alpha value is -0.160. The Kier molecular flexibility index (Phi) is 5.48. The molecule has 0 aliphatic heterocycles. The van der Waals surface area contributed by atoms with Crippen LogP contribution in [0.25, 0.3) is 0 Å². The Morgan fingerprint density at radius 3 is 2.23 bits per heavy atom. The summed E-state index contributed by atoms with van der Waals surface area (Å²) in [5.41, 5.74) is 0. The first-order chi connectivity index (χ1) is 5.85. The third-order valence-electron chi connectivity index (χ3n) is 1.76. The largest absolute Gasteiger partial charge is 0.395 e. The zero-order chi connectivity index (χ0) is 10.5. The van der Waals surface area contributed by atoms with E-state index in [-0.39, 0.29) is 12.7 Å². The molecule has 0 saturated heterocycles. The van der Waals surface area contributed by atoms with Gasteiger partial charge in [0.15, 0.2) is 0 Å². The molecular formula is C9H23N2O2+. The summed E-state index contributed by atoms with van der Waals surface area (Å²) < 4.78 is 0.758. The summed E-state index contributed by atoms with van der Waals surface area (Å²) in [5, 5.41) is 18.3. The lowest BCUT2D eigenvalue weighted by molar-refractivity contribution is -0.873. The molecule has 0 saturated carbocycles. The summed E-state index contributed by atoms with van der Waals surface area (Å²) in [6, 6.07) is 0. The number of aliphatic hydroxyl groups excluding tert-OH is 2. The van der Waals surface area contributed by atoms with Gasteiger partial charge in [-0.05, 0) is 7.05 Å². The van der Waals surface area contributed by atoms with Crippen molar-refractivity contribution in [2.45, 2.75) is 6.10 Å². The van der Waals surface area contributed by atoms with Gasteiger partial charge in [-0.1, -0.05) is 0 Å². The fourth-order valence-corrected chi connectivity index (χ4v) is 1.31. The van der Waals surface area contributed by atoms with E-state index >= 15 is 0 Å². The van der Waals surface area contributed by atoms with Crippen LogP contribution in [-0.2, 0) is 0 Å². The normalized spacial score (nSPS) is 15.0. The van der Waals surface area contributed by atoms with Crippen LogP contribution >= 0.6 is 0 Å². The number of quaternary nitrogens is 1. The van der Waals surface area contributed by atoms with Crippen molar-refractivity contribution in [2.24, 2.45) is 0 Å². The summed E-state index contributed by atoms with van der Waals surface area (Å²) in [5.74, 6) is 0. The van der Waals surface area contributed by atoms with Gasteiger partial charge in [-0.15, -0.1) is 0 Å². The van der Waals surface area contributed by atoms with E-state index in [0.717, 1.165) is 11.0 Å². The first-order valence-corrected chi connectivity index (χ1v) is 4.63. The van der Waals surface area contributed by atoms with Gasteiger partial charge in [-0.2, -0.15) is 0 Å². The molecule has 2 N–H and O–H groups in total. The first kappa shape index (κ1) is 12.8. The summed E-state index contributed by atoms with van der Waals surface area (Å²) in [4.78, 5) is 1.93. The van der Waals surface area contributed by atoms with Crippen molar-refractivity contribution in [3.63, 3.8) is 0 Å². The van der Waals surface area contributed by atoms with Crippen LogP contribution in [0.4, 0.5) is 0 Å². The molecule has 0 aromatic rings. The molecule has 0 aromatic carbocycles. The average Bonchev–Trinajstić information content (AvgIpc) is 1.81. The number of hydrogen-bond acceptors (Lipinski definition) is 3. The molecule has 0 fully saturated rings. The fraction of sp³-hybridized carbons (Fsp3) is 1.00. The second-order valence-electron chi connectivity index (χ2n) is 4.61. The molecule has 4 nitrogen and oxygen atoms in total. The molecule has 4 heteroatoms. The van der Waals surface area contributed by atoms with Crippen LogP contribution in [0.15, 0.2) is 0 Å². The third-order valence-corrected chi connectivity index (χ3v) is 1.76. The van der Waals surface area contributed by atoms with Crippen molar-refractivity contribution >= 4 is 0 Å². The van der Waals surface area contributed by atoms with Crippen molar-refractivity contribution < 1.29 is 14.7 Å². The van der Waals surface area contributed by atoms with Gasteiger partial charge in [0, 0.05) is 13.1 Å². The Labute approximate surface area is 81.0 Å². The van der Waals surface area contributed by atoms with Crippen LogP contribution in [0.1, 0.15) is 0 Å². The lowest BCUT2D eigenvalue weighted by Gasteiger charge is -2.28. The van der Waals surface area contributed by atoms with Crippen molar-refractivity contribution in [1.29, 1.82) is 0 Å². The van der Waals surface area contributed by atoms with Crippen LogP contribution in [-0.4, -0.2) is 80.1 Å². The second-order valence-corrected chi connectivity index (χ2v) is 4.61. The molecule has 0 radical (unpaired) electrons. The minimum absolute atomic E-state index is 0.146. The maximum absolute atomic E-state index is 9.64. The molecule has 0 aromatic heterocycles. The Morgan fingerprint density at radius 2 is 1.85 bits per heavy atom. The molecule has 0 aliphatic carbocycles. The predicted molar refractivity (Wildman–Crippen MR) is 53.5 cm³/mol. The van der Waals surface area contributed by atoms with Gasteiger partial charge in [0.25, 0.3) is 0 Å². The lowest BCUT2D eigenvalue weighted by atomic mass is 10.3. The predicted octanol–water partition coefficient (Wildman–Crippen LogP) is -1.02. The number of aliphatic hydroxyl groups is 2. The van der Waals surface area contributed by atoms with E-state index in [1.807, 2.05) is 11.9 Å². The van der Waals surface area contributed by atoms with Gasteiger partial charge < -0.3 is 19.6 Å². The van der Waals surface area contributed by atoms with E-state index < -0.39 is 0 Å². The first-order valence-electron chi connectivity index (χ1n) is 4.63. The van der Waals surface area contributed by atoms with E-state index in [1.165, 1.54) is 0 Å². The summed E-state index contributed by atoms with van der Waals surface area (Å²) in [7, 11) is 8.05. The van der Waals surface area contributed by atoms with E-state index in [1.54, 1.807) is 0 Å². The molecule has 0 bridgehead atoms. The molecule has 1 atom stereocenters. The fourth-order valence-electron chi connectivity index (χ4n) is 1.31. The zero-order valence-corrected chi connectivity index (χ0v) is 9.19. The maximum atomic E-state index is 9.64. The van der Waals surface area contributed by atoms with E-state index in [0.29, 0.717) is 13.1 Å².